The Hall–Kier alpha value is -3.21. The van der Waals surface area contributed by atoms with Crippen LogP contribution in [-0.4, -0.2) is 39.7 Å². The summed E-state index contributed by atoms with van der Waals surface area (Å²) < 4.78 is 31.6. The maximum absolute atomic E-state index is 13.1. The molecule has 1 fully saturated rings. The van der Waals surface area contributed by atoms with E-state index in [1.807, 2.05) is 43.3 Å². The first-order chi connectivity index (χ1) is 14.5. The molecule has 1 saturated heterocycles. The minimum atomic E-state index is -3.94. The fourth-order valence-corrected chi connectivity index (χ4v) is 4.56. The maximum Gasteiger partial charge on any atom is 0.216 e. The van der Waals surface area contributed by atoms with Crippen molar-refractivity contribution < 1.29 is 13.2 Å². The van der Waals surface area contributed by atoms with Crippen molar-refractivity contribution in [2.24, 2.45) is 0 Å². The van der Waals surface area contributed by atoms with Gasteiger partial charge in [-0.15, -0.1) is 0 Å². The van der Waals surface area contributed by atoms with E-state index in [9.17, 15) is 13.7 Å². The predicted octanol–water partition coefficient (Wildman–Crippen LogP) is 3.72. The van der Waals surface area contributed by atoms with Crippen LogP contribution in [0.4, 0.5) is 5.82 Å². The number of aryl methyl sites for hydroxylation is 1. The number of pyridine rings is 1. The first kappa shape index (κ1) is 20.1. The van der Waals surface area contributed by atoms with E-state index in [2.05, 4.69) is 4.90 Å². The Labute approximate surface area is 176 Å². The third-order valence-corrected chi connectivity index (χ3v) is 6.74. The molecule has 2 aromatic carbocycles. The predicted molar refractivity (Wildman–Crippen MR) is 117 cm³/mol. The number of allylic oxidation sites excluding steroid dienone is 1. The SMILES string of the molecule is Cc1ccc(S(=O)(=O)C(C#N)=Cc2cc3ccccc3nc2N2CCOCC2)cc1. The molecule has 0 bridgehead atoms. The van der Waals surface area contributed by atoms with Gasteiger partial charge in [0.15, 0.2) is 0 Å². The molecule has 30 heavy (non-hydrogen) atoms. The molecule has 2 heterocycles. The topological polar surface area (TPSA) is 83.3 Å². The van der Waals surface area contributed by atoms with Crippen LogP contribution in [0.2, 0.25) is 0 Å². The van der Waals surface area contributed by atoms with Gasteiger partial charge in [0.1, 0.15) is 16.8 Å². The van der Waals surface area contributed by atoms with Crippen molar-refractivity contribution in [3.8, 4) is 6.07 Å². The van der Waals surface area contributed by atoms with Crippen LogP contribution in [0.15, 0.2) is 64.4 Å². The zero-order valence-corrected chi connectivity index (χ0v) is 17.4. The van der Waals surface area contributed by atoms with Gasteiger partial charge in [-0.3, -0.25) is 0 Å². The minimum Gasteiger partial charge on any atom is -0.378 e. The maximum atomic E-state index is 13.1. The molecule has 0 atom stereocenters. The van der Waals surface area contributed by atoms with Crippen LogP contribution >= 0.6 is 0 Å². The van der Waals surface area contributed by atoms with Gasteiger partial charge >= 0.3 is 0 Å². The van der Waals surface area contributed by atoms with E-state index < -0.39 is 9.84 Å². The summed E-state index contributed by atoms with van der Waals surface area (Å²) in [5, 5.41) is 10.6. The summed E-state index contributed by atoms with van der Waals surface area (Å²) in [5.41, 5.74) is 2.36. The lowest BCUT2D eigenvalue weighted by Crippen LogP contribution is -2.37. The lowest BCUT2D eigenvalue weighted by atomic mass is 10.1. The average molecular weight is 420 g/mol. The molecule has 7 heteroatoms. The largest absolute Gasteiger partial charge is 0.378 e. The van der Waals surface area contributed by atoms with Gasteiger partial charge in [0.25, 0.3) is 0 Å². The molecule has 0 radical (unpaired) electrons. The van der Waals surface area contributed by atoms with Gasteiger partial charge in [-0.25, -0.2) is 13.4 Å². The van der Waals surface area contributed by atoms with Crippen LogP contribution in [0.25, 0.3) is 17.0 Å². The zero-order valence-electron chi connectivity index (χ0n) is 16.6. The lowest BCUT2D eigenvalue weighted by Gasteiger charge is -2.29. The zero-order chi connectivity index (χ0) is 21.1. The number of nitrogens with zero attached hydrogens (tertiary/aromatic N) is 3. The van der Waals surface area contributed by atoms with Gasteiger partial charge in [0.05, 0.1) is 23.6 Å². The van der Waals surface area contributed by atoms with Crippen molar-refractivity contribution in [3.05, 3.63) is 70.6 Å². The molecule has 0 N–H and O–H groups in total. The molecule has 0 amide bonds. The van der Waals surface area contributed by atoms with Crippen molar-refractivity contribution in [2.75, 3.05) is 31.2 Å². The normalized spacial score (nSPS) is 15.2. The van der Waals surface area contributed by atoms with Crippen molar-refractivity contribution in [3.63, 3.8) is 0 Å². The molecule has 6 nitrogen and oxygen atoms in total. The van der Waals surface area contributed by atoms with E-state index >= 15 is 0 Å². The first-order valence-corrected chi connectivity index (χ1v) is 11.1. The minimum absolute atomic E-state index is 0.0996. The summed E-state index contributed by atoms with van der Waals surface area (Å²) in [6.45, 7) is 4.33. The van der Waals surface area contributed by atoms with Gasteiger partial charge in [-0.1, -0.05) is 35.9 Å². The lowest BCUT2D eigenvalue weighted by molar-refractivity contribution is 0.122. The summed E-state index contributed by atoms with van der Waals surface area (Å²) in [7, 11) is -3.94. The number of anilines is 1. The Balaban J connectivity index is 1.86. The standard InChI is InChI=1S/C23H21N3O3S/c1-17-6-8-20(9-7-17)30(27,28)21(16-24)15-19-14-18-4-2-3-5-22(18)25-23(19)26-10-12-29-13-11-26/h2-9,14-15H,10-13H2,1H3. The number of hydrogen-bond donors (Lipinski definition) is 0. The summed E-state index contributed by atoms with van der Waals surface area (Å²) in [4.78, 5) is 6.63. The first-order valence-electron chi connectivity index (χ1n) is 9.65. The second-order valence-electron chi connectivity index (χ2n) is 7.13. The third kappa shape index (κ3) is 3.92. The molecule has 152 valence electrons. The van der Waals surface area contributed by atoms with E-state index in [0.29, 0.717) is 37.7 Å². The van der Waals surface area contributed by atoms with Gasteiger partial charge in [0.2, 0.25) is 9.84 Å². The molecule has 0 saturated carbocycles. The number of sulfone groups is 1. The monoisotopic (exact) mass is 419 g/mol. The molecule has 0 unspecified atom stereocenters. The average Bonchev–Trinajstić information content (AvgIpc) is 2.77. The second-order valence-corrected chi connectivity index (χ2v) is 9.05. The van der Waals surface area contributed by atoms with Crippen molar-refractivity contribution >= 4 is 32.6 Å². The number of benzene rings is 2. The Morgan fingerprint density at radius 3 is 2.53 bits per heavy atom. The molecule has 0 aliphatic carbocycles. The number of nitriles is 1. The highest BCUT2D eigenvalue weighted by Gasteiger charge is 2.23. The van der Waals surface area contributed by atoms with Gasteiger partial charge in [0, 0.05) is 24.0 Å². The van der Waals surface area contributed by atoms with E-state index in [4.69, 9.17) is 9.72 Å². The number of fused-ring (bicyclic) bond motifs is 1. The van der Waals surface area contributed by atoms with E-state index in [1.165, 1.54) is 18.2 Å². The van der Waals surface area contributed by atoms with Crippen LogP contribution in [0.3, 0.4) is 0 Å². The van der Waals surface area contributed by atoms with Crippen molar-refractivity contribution in [1.82, 2.24) is 4.98 Å². The van der Waals surface area contributed by atoms with Gasteiger partial charge in [-0.05, 0) is 37.3 Å². The summed E-state index contributed by atoms with van der Waals surface area (Å²) >= 11 is 0. The van der Waals surface area contributed by atoms with E-state index in [0.717, 1.165) is 16.5 Å². The number of ether oxygens (including phenoxy) is 1. The van der Waals surface area contributed by atoms with Crippen LogP contribution in [0.5, 0.6) is 0 Å². The number of para-hydroxylation sites is 1. The Bertz CT molecular complexity index is 1250. The van der Waals surface area contributed by atoms with E-state index in [-0.39, 0.29) is 9.80 Å². The van der Waals surface area contributed by atoms with Gasteiger partial charge in [-0.2, -0.15) is 5.26 Å². The van der Waals surface area contributed by atoms with Crippen molar-refractivity contribution in [2.45, 2.75) is 11.8 Å². The number of rotatable bonds is 4. The summed E-state index contributed by atoms with van der Waals surface area (Å²) in [5.74, 6) is 0.656. The van der Waals surface area contributed by atoms with Crippen LogP contribution in [-0.2, 0) is 14.6 Å². The highest BCUT2D eigenvalue weighted by atomic mass is 32.2. The van der Waals surface area contributed by atoms with Crippen molar-refractivity contribution in [1.29, 1.82) is 5.26 Å². The fourth-order valence-electron chi connectivity index (χ4n) is 3.41. The van der Waals surface area contributed by atoms with Crippen LogP contribution < -0.4 is 4.90 Å². The number of hydrogen-bond acceptors (Lipinski definition) is 6. The highest BCUT2D eigenvalue weighted by molar-refractivity contribution is 7.95. The number of aromatic nitrogens is 1. The summed E-state index contributed by atoms with van der Waals surface area (Å²) in [6.07, 6.45) is 1.43. The quantitative estimate of drug-likeness (QED) is 0.600. The molecule has 0 spiro atoms. The van der Waals surface area contributed by atoms with Crippen LogP contribution in [0.1, 0.15) is 11.1 Å². The second kappa shape index (κ2) is 8.27. The molecule has 1 aromatic heterocycles. The summed E-state index contributed by atoms with van der Waals surface area (Å²) in [6, 6.07) is 17.9. The molecular formula is C23H21N3O3S. The fraction of sp³-hybridized carbons (Fsp3) is 0.217. The molecular weight excluding hydrogens is 398 g/mol. The number of morpholine rings is 1. The molecule has 1 aliphatic heterocycles. The Kier molecular flexibility index (Phi) is 5.53. The Morgan fingerprint density at radius 1 is 1.13 bits per heavy atom. The molecule has 1 aliphatic rings. The van der Waals surface area contributed by atoms with Crippen LogP contribution in [0, 0.1) is 18.3 Å². The van der Waals surface area contributed by atoms with E-state index in [1.54, 1.807) is 12.1 Å². The highest BCUT2D eigenvalue weighted by Crippen LogP contribution is 2.29. The third-order valence-electron chi connectivity index (χ3n) is 5.06. The van der Waals surface area contributed by atoms with Gasteiger partial charge < -0.3 is 9.64 Å². The smallest absolute Gasteiger partial charge is 0.216 e. The molecule has 4 rings (SSSR count). The molecule has 3 aromatic rings. The Morgan fingerprint density at radius 2 is 1.83 bits per heavy atom.